The smallest absolute Gasteiger partial charge is 0.407 e. The van der Waals surface area contributed by atoms with Crippen LogP contribution in [-0.4, -0.2) is 48.7 Å². The number of hydrogen-bond acceptors (Lipinski definition) is 4. The average molecular weight is 475 g/mol. The number of halogens is 2. The molecule has 34 heavy (non-hydrogen) atoms. The zero-order chi connectivity index (χ0) is 24.8. The van der Waals surface area contributed by atoms with Crippen LogP contribution in [0.3, 0.4) is 0 Å². The van der Waals surface area contributed by atoms with E-state index >= 15 is 0 Å². The van der Waals surface area contributed by atoms with E-state index in [0.717, 1.165) is 22.3 Å². The Morgan fingerprint density at radius 3 is 2.06 bits per heavy atom. The van der Waals surface area contributed by atoms with Crippen LogP contribution in [0.15, 0.2) is 48.5 Å². The topological polar surface area (TPSA) is 105 Å². The van der Waals surface area contributed by atoms with Gasteiger partial charge in [-0.15, -0.1) is 0 Å². The van der Waals surface area contributed by atoms with E-state index in [0.29, 0.717) is 0 Å². The van der Waals surface area contributed by atoms with Crippen LogP contribution in [0, 0.1) is 11.8 Å². The number of ether oxygens (including phenoxy) is 1. The summed E-state index contributed by atoms with van der Waals surface area (Å²) in [5.41, 5.74) is 4.32. The molecule has 0 spiro atoms. The van der Waals surface area contributed by atoms with Gasteiger partial charge in [0.05, 0.1) is 5.92 Å². The summed E-state index contributed by atoms with van der Waals surface area (Å²) in [6.45, 7) is 3.41. The summed E-state index contributed by atoms with van der Waals surface area (Å²) in [7, 11) is 0. The number of alkyl carbamates (subject to hydrolysis) is 1. The van der Waals surface area contributed by atoms with Gasteiger partial charge in [-0.25, -0.2) is 18.4 Å². The highest BCUT2D eigenvalue weighted by Crippen LogP contribution is 2.44. The Hall–Kier alpha value is -3.49. The minimum Gasteiger partial charge on any atom is -0.480 e. The van der Waals surface area contributed by atoms with E-state index in [2.05, 4.69) is 10.6 Å². The molecule has 2 amide bonds. The maximum Gasteiger partial charge on any atom is 0.407 e. The van der Waals surface area contributed by atoms with Crippen molar-refractivity contribution < 1.29 is 33.0 Å². The third kappa shape index (κ3) is 5.89. The van der Waals surface area contributed by atoms with Crippen LogP contribution in [0.2, 0.25) is 0 Å². The van der Waals surface area contributed by atoms with E-state index in [1.165, 1.54) is 0 Å². The second kappa shape index (κ2) is 11.1. The first-order chi connectivity index (χ1) is 16.2. The molecule has 9 heteroatoms. The lowest BCUT2D eigenvalue weighted by atomic mass is 9.94. The molecule has 3 rings (SSSR count). The number of alkyl halides is 2. The van der Waals surface area contributed by atoms with Gasteiger partial charge in [-0.1, -0.05) is 62.4 Å². The SMILES string of the molecule is CC(C)C(CNC(=O)OCC1c2ccccc2-c2ccccc21)C(=O)NC(CC(F)F)C(=O)O. The first-order valence-corrected chi connectivity index (χ1v) is 11.1. The lowest BCUT2D eigenvalue weighted by molar-refractivity contribution is -0.144. The van der Waals surface area contributed by atoms with E-state index in [4.69, 9.17) is 9.84 Å². The van der Waals surface area contributed by atoms with Crippen molar-refractivity contribution >= 4 is 18.0 Å². The van der Waals surface area contributed by atoms with Crippen molar-refractivity contribution in [1.82, 2.24) is 10.6 Å². The number of fused-ring (bicyclic) bond motifs is 3. The molecule has 2 atom stereocenters. The van der Waals surface area contributed by atoms with Crippen LogP contribution in [0.1, 0.15) is 37.3 Å². The zero-order valence-corrected chi connectivity index (χ0v) is 19.0. The van der Waals surface area contributed by atoms with E-state index in [9.17, 15) is 23.2 Å². The number of carbonyl (C=O) groups excluding carboxylic acids is 2. The van der Waals surface area contributed by atoms with Crippen LogP contribution >= 0.6 is 0 Å². The van der Waals surface area contributed by atoms with E-state index in [-0.39, 0.29) is 25.0 Å². The molecular formula is C25H28F2N2O5. The Morgan fingerprint density at radius 1 is 1.00 bits per heavy atom. The number of nitrogens with one attached hydrogen (secondary N) is 2. The fraction of sp³-hybridized carbons (Fsp3) is 0.400. The summed E-state index contributed by atoms with van der Waals surface area (Å²) in [6, 6.07) is 14.1. The summed E-state index contributed by atoms with van der Waals surface area (Å²) in [4.78, 5) is 36.1. The second-order valence-electron chi connectivity index (χ2n) is 8.58. The number of carbonyl (C=O) groups is 3. The summed E-state index contributed by atoms with van der Waals surface area (Å²) in [6.07, 6.45) is -4.59. The normalized spacial score (nSPS) is 14.3. The van der Waals surface area contributed by atoms with Crippen molar-refractivity contribution in [1.29, 1.82) is 0 Å². The van der Waals surface area contributed by atoms with Gasteiger partial charge < -0.3 is 20.5 Å². The predicted octanol–water partition coefficient (Wildman–Crippen LogP) is 4.02. The number of carboxylic acids is 1. The van der Waals surface area contributed by atoms with Gasteiger partial charge in [0.1, 0.15) is 12.6 Å². The highest BCUT2D eigenvalue weighted by molar-refractivity contribution is 5.85. The van der Waals surface area contributed by atoms with Crippen molar-refractivity contribution in [2.24, 2.45) is 11.8 Å². The van der Waals surface area contributed by atoms with Crippen molar-refractivity contribution in [3.8, 4) is 11.1 Å². The molecule has 182 valence electrons. The summed E-state index contributed by atoms with van der Waals surface area (Å²) >= 11 is 0. The molecule has 3 N–H and O–H groups in total. The molecule has 2 unspecified atom stereocenters. The van der Waals surface area contributed by atoms with Gasteiger partial charge in [-0.3, -0.25) is 4.79 Å². The van der Waals surface area contributed by atoms with Gasteiger partial charge >= 0.3 is 12.1 Å². The molecule has 7 nitrogen and oxygen atoms in total. The average Bonchev–Trinajstić information content (AvgIpc) is 3.10. The monoisotopic (exact) mass is 474 g/mol. The predicted molar refractivity (Wildman–Crippen MR) is 122 cm³/mol. The lowest BCUT2D eigenvalue weighted by Gasteiger charge is -2.23. The number of benzene rings is 2. The van der Waals surface area contributed by atoms with Gasteiger partial charge in [0.15, 0.2) is 0 Å². The van der Waals surface area contributed by atoms with Crippen LogP contribution in [-0.2, 0) is 14.3 Å². The van der Waals surface area contributed by atoms with E-state index < -0.39 is 42.8 Å². The maximum atomic E-state index is 12.6. The van der Waals surface area contributed by atoms with Crippen LogP contribution < -0.4 is 10.6 Å². The molecule has 0 aromatic heterocycles. The third-order valence-corrected chi connectivity index (χ3v) is 5.98. The minimum atomic E-state index is -2.88. The number of carboxylic acid groups (broad SMARTS) is 1. The Labute approximate surface area is 196 Å². The maximum absolute atomic E-state index is 12.6. The van der Waals surface area contributed by atoms with Crippen molar-refractivity contribution in [2.45, 2.75) is 38.7 Å². The molecule has 2 aromatic rings. The quantitative estimate of drug-likeness (QED) is 0.483. The van der Waals surface area contributed by atoms with E-state index in [1.54, 1.807) is 13.8 Å². The molecule has 0 aliphatic heterocycles. The molecule has 0 heterocycles. The number of amides is 2. The van der Waals surface area contributed by atoms with Gasteiger partial charge in [0.25, 0.3) is 0 Å². The van der Waals surface area contributed by atoms with Gasteiger partial charge in [0.2, 0.25) is 12.3 Å². The lowest BCUT2D eigenvalue weighted by Crippen LogP contribution is -2.48. The molecule has 0 bridgehead atoms. The van der Waals surface area contributed by atoms with Gasteiger partial charge in [-0.2, -0.15) is 0 Å². The molecule has 0 saturated carbocycles. The van der Waals surface area contributed by atoms with E-state index in [1.807, 2.05) is 48.5 Å². The number of aliphatic carboxylic acids is 1. The summed E-state index contributed by atoms with van der Waals surface area (Å²) < 4.78 is 30.7. The van der Waals surface area contributed by atoms with Gasteiger partial charge in [-0.05, 0) is 28.2 Å². The van der Waals surface area contributed by atoms with Crippen LogP contribution in [0.25, 0.3) is 11.1 Å². The third-order valence-electron chi connectivity index (χ3n) is 5.98. The highest BCUT2D eigenvalue weighted by atomic mass is 19.3. The highest BCUT2D eigenvalue weighted by Gasteiger charge is 2.31. The summed E-state index contributed by atoms with van der Waals surface area (Å²) in [5.74, 6) is -3.48. The molecule has 1 aliphatic rings. The Bertz CT molecular complexity index is 998. The second-order valence-corrected chi connectivity index (χ2v) is 8.58. The van der Waals surface area contributed by atoms with Gasteiger partial charge in [0, 0.05) is 18.9 Å². The first-order valence-electron chi connectivity index (χ1n) is 11.1. The minimum absolute atomic E-state index is 0.105. The largest absolute Gasteiger partial charge is 0.480 e. The van der Waals surface area contributed by atoms with Crippen LogP contribution in [0.5, 0.6) is 0 Å². The number of rotatable bonds is 10. The molecule has 0 saturated heterocycles. The molecule has 1 aliphatic carbocycles. The first kappa shape index (κ1) is 25.1. The summed E-state index contributed by atoms with van der Waals surface area (Å²) in [5, 5.41) is 13.8. The fourth-order valence-corrected chi connectivity index (χ4v) is 4.15. The van der Waals surface area contributed by atoms with Crippen LogP contribution in [0.4, 0.5) is 13.6 Å². The Balaban J connectivity index is 1.58. The van der Waals surface area contributed by atoms with Crippen molar-refractivity contribution in [2.75, 3.05) is 13.2 Å². The Morgan fingerprint density at radius 2 is 1.56 bits per heavy atom. The standard InChI is InChI=1S/C25H28F2N2O5/c1-14(2)19(23(30)29-21(24(31)32)11-22(26)27)12-28-25(33)34-13-20-17-9-5-3-7-15(17)16-8-4-6-10-18(16)20/h3-10,14,19-22H,11-13H2,1-2H3,(H,28,33)(H,29,30)(H,31,32). The molecule has 2 aromatic carbocycles. The molecular weight excluding hydrogens is 446 g/mol. The number of hydrogen-bond donors (Lipinski definition) is 3. The Kier molecular flexibility index (Phi) is 8.20. The molecule has 0 fully saturated rings. The van der Waals surface area contributed by atoms with Crippen molar-refractivity contribution in [3.05, 3.63) is 59.7 Å². The zero-order valence-electron chi connectivity index (χ0n) is 19.0. The molecule has 0 radical (unpaired) electrons. The fourth-order valence-electron chi connectivity index (χ4n) is 4.15. The van der Waals surface area contributed by atoms with Crippen molar-refractivity contribution in [3.63, 3.8) is 0 Å².